The summed E-state index contributed by atoms with van der Waals surface area (Å²) < 4.78 is 28.5. The summed E-state index contributed by atoms with van der Waals surface area (Å²) in [6.07, 6.45) is 0. The smallest absolute Gasteiger partial charge is 0.352 e. The summed E-state index contributed by atoms with van der Waals surface area (Å²) in [4.78, 5) is 14.8. The Labute approximate surface area is 191 Å². The van der Waals surface area contributed by atoms with Crippen LogP contribution < -0.4 is 4.72 Å². The van der Waals surface area contributed by atoms with Crippen LogP contribution >= 0.6 is 0 Å². The topological polar surface area (TPSA) is 119 Å². The van der Waals surface area contributed by atoms with E-state index in [0.29, 0.717) is 27.7 Å². The van der Waals surface area contributed by atoms with Gasteiger partial charge in [0.1, 0.15) is 11.4 Å². The van der Waals surface area contributed by atoms with Crippen LogP contribution in [0.2, 0.25) is 0 Å². The molecule has 0 saturated carbocycles. The summed E-state index contributed by atoms with van der Waals surface area (Å²) in [5.74, 6) is -1.17. The van der Waals surface area contributed by atoms with E-state index < -0.39 is 16.0 Å². The van der Waals surface area contributed by atoms with E-state index in [0.717, 1.165) is 5.56 Å². The predicted molar refractivity (Wildman–Crippen MR) is 128 cm³/mol. The molecule has 0 saturated heterocycles. The summed E-state index contributed by atoms with van der Waals surface area (Å²) in [5.41, 5.74) is 2.56. The molecular formula is C25H24N2O5S. The Morgan fingerprint density at radius 2 is 1.67 bits per heavy atom. The van der Waals surface area contributed by atoms with E-state index in [1.54, 1.807) is 54.6 Å². The molecule has 1 heterocycles. The quantitative estimate of drug-likeness (QED) is 0.318. The Hall–Kier alpha value is -3.78. The number of phenolic OH excluding ortho intramolecular Hbond substituents is 1. The molecule has 0 bridgehead atoms. The fraction of sp³-hybridized carbons (Fsp3) is 0.160. The van der Waals surface area contributed by atoms with Gasteiger partial charge >= 0.3 is 5.97 Å². The number of aromatic carboxylic acids is 1. The number of carboxylic acids is 1. The number of aromatic nitrogens is 1. The van der Waals surface area contributed by atoms with Crippen LogP contribution in [0.5, 0.6) is 5.75 Å². The van der Waals surface area contributed by atoms with Gasteiger partial charge in [0, 0.05) is 22.2 Å². The zero-order valence-electron chi connectivity index (χ0n) is 18.4. The number of sulfonamides is 1. The van der Waals surface area contributed by atoms with Gasteiger partial charge in [0.15, 0.2) is 0 Å². The summed E-state index contributed by atoms with van der Waals surface area (Å²) in [5, 5.41) is 20.1. The van der Waals surface area contributed by atoms with Gasteiger partial charge in [-0.05, 0) is 59.0 Å². The highest BCUT2D eigenvalue weighted by Gasteiger charge is 2.21. The van der Waals surface area contributed by atoms with Crippen molar-refractivity contribution < 1.29 is 23.4 Å². The largest absolute Gasteiger partial charge is 0.508 e. The number of carboxylic acid groups (broad SMARTS) is 1. The van der Waals surface area contributed by atoms with Gasteiger partial charge in [-0.25, -0.2) is 13.2 Å². The van der Waals surface area contributed by atoms with Crippen LogP contribution in [0.1, 0.15) is 36.8 Å². The number of anilines is 1. The summed E-state index contributed by atoms with van der Waals surface area (Å²) in [6.45, 7) is 6.16. The molecule has 8 heteroatoms. The van der Waals surface area contributed by atoms with Crippen LogP contribution in [-0.4, -0.2) is 29.6 Å². The first-order valence-electron chi connectivity index (χ1n) is 10.3. The van der Waals surface area contributed by atoms with E-state index in [-0.39, 0.29) is 21.8 Å². The average Bonchev–Trinajstić information content (AvgIpc) is 3.12. The van der Waals surface area contributed by atoms with E-state index >= 15 is 0 Å². The Morgan fingerprint density at radius 3 is 2.27 bits per heavy atom. The van der Waals surface area contributed by atoms with Crippen molar-refractivity contribution in [1.82, 2.24) is 4.98 Å². The molecule has 0 spiro atoms. The van der Waals surface area contributed by atoms with Crippen LogP contribution in [-0.2, 0) is 15.4 Å². The molecule has 4 aromatic rings. The molecule has 4 N–H and O–H groups in total. The van der Waals surface area contributed by atoms with Crippen molar-refractivity contribution >= 4 is 32.6 Å². The molecule has 3 aromatic carbocycles. The molecule has 0 radical (unpaired) electrons. The van der Waals surface area contributed by atoms with Crippen molar-refractivity contribution in [3.63, 3.8) is 0 Å². The minimum absolute atomic E-state index is 0.00579. The molecule has 1 aromatic heterocycles. The van der Waals surface area contributed by atoms with Crippen molar-refractivity contribution in [2.75, 3.05) is 4.72 Å². The first kappa shape index (κ1) is 22.4. The first-order chi connectivity index (χ1) is 15.5. The maximum atomic E-state index is 13.0. The van der Waals surface area contributed by atoms with Crippen LogP contribution in [0.4, 0.5) is 5.69 Å². The summed E-state index contributed by atoms with van der Waals surface area (Å²) in [6, 6.07) is 17.7. The Balaban J connectivity index is 1.76. The highest BCUT2D eigenvalue weighted by Crippen LogP contribution is 2.36. The molecule has 0 amide bonds. The van der Waals surface area contributed by atoms with Crippen molar-refractivity contribution in [2.24, 2.45) is 0 Å². The fourth-order valence-corrected chi connectivity index (χ4v) is 4.77. The van der Waals surface area contributed by atoms with E-state index in [4.69, 9.17) is 0 Å². The molecule has 33 heavy (non-hydrogen) atoms. The fourth-order valence-electron chi connectivity index (χ4n) is 3.73. The van der Waals surface area contributed by atoms with Crippen molar-refractivity contribution in [2.45, 2.75) is 31.1 Å². The second-order valence-corrected chi connectivity index (χ2v) is 10.6. The maximum Gasteiger partial charge on any atom is 0.352 e. The van der Waals surface area contributed by atoms with Crippen LogP contribution in [0.25, 0.3) is 22.0 Å². The number of carbonyl (C=O) groups is 1. The van der Waals surface area contributed by atoms with Crippen molar-refractivity contribution in [3.05, 3.63) is 78.0 Å². The normalized spacial score (nSPS) is 12.1. The Bertz CT molecular complexity index is 1460. The van der Waals surface area contributed by atoms with Crippen LogP contribution in [0.3, 0.4) is 0 Å². The second-order valence-electron chi connectivity index (χ2n) is 8.87. The van der Waals surface area contributed by atoms with Crippen molar-refractivity contribution in [1.29, 1.82) is 0 Å². The number of benzene rings is 3. The third-order valence-corrected chi connectivity index (χ3v) is 6.83. The molecule has 0 atom stereocenters. The lowest BCUT2D eigenvalue weighted by Gasteiger charge is -2.19. The Kier molecular flexibility index (Phi) is 5.41. The zero-order chi connectivity index (χ0) is 24.0. The standard InChI is InChI=1S/C25H24N2O5S/c1-25(2,3)16-7-10-19(11-8-16)33(31,32)27-17-9-12-21-20(14-17)22(23(26-21)24(29)30)15-5-4-6-18(28)13-15/h4-14,26-28H,1-3H3,(H,29,30). The van der Waals surface area contributed by atoms with Gasteiger partial charge in [0.25, 0.3) is 10.0 Å². The molecule has 0 aliphatic heterocycles. The van der Waals surface area contributed by atoms with E-state index in [1.165, 1.54) is 12.1 Å². The number of aromatic hydroxyl groups is 1. The molecular weight excluding hydrogens is 440 g/mol. The molecule has 0 unspecified atom stereocenters. The van der Waals surface area contributed by atoms with Gasteiger partial charge in [-0.3, -0.25) is 4.72 Å². The van der Waals surface area contributed by atoms with Crippen LogP contribution in [0, 0.1) is 0 Å². The van der Waals surface area contributed by atoms with E-state index in [1.807, 2.05) is 0 Å². The lowest BCUT2D eigenvalue weighted by molar-refractivity contribution is 0.0692. The molecule has 4 rings (SSSR count). The highest BCUT2D eigenvalue weighted by molar-refractivity contribution is 7.92. The zero-order valence-corrected chi connectivity index (χ0v) is 19.2. The summed E-state index contributed by atoms with van der Waals surface area (Å²) >= 11 is 0. The molecule has 0 fully saturated rings. The number of H-pyrrole nitrogens is 1. The van der Waals surface area contributed by atoms with Gasteiger partial charge in [-0.15, -0.1) is 0 Å². The average molecular weight is 465 g/mol. The first-order valence-corrected chi connectivity index (χ1v) is 11.8. The SMILES string of the molecule is CC(C)(C)c1ccc(S(=O)(=O)Nc2ccc3[nH]c(C(=O)O)c(-c4cccc(O)c4)c3c2)cc1. The number of nitrogens with one attached hydrogen (secondary N) is 2. The molecule has 170 valence electrons. The molecule has 0 aliphatic carbocycles. The number of rotatable bonds is 5. The molecule has 0 aliphatic rings. The van der Waals surface area contributed by atoms with Gasteiger partial charge in [0.2, 0.25) is 0 Å². The van der Waals surface area contributed by atoms with Crippen LogP contribution in [0.15, 0.2) is 71.6 Å². The Morgan fingerprint density at radius 1 is 0.970 bits per heavy atom. The molecule has 7 nitrogen and oxygen atoms in total. The maximum absolute atomic E-state index is 13.0. The third-order valence-electron chi connectivity index (χ3n) is 5.43. The van der Waals surface area contributed by atoms with E-state index in [2.05, 4.69) is 30.5 Å². The number of aromatic amines is 1. The lowest BCUT2D eigenvalue weighted by atomic mass is 9.87. The van der Waals surface area contributed by atoms with Gasteiger partial charge < -0.3 is 15.2 Å². The van der Waals surface area contributed by atoms with Gasteiger partial charge in [0.05, 0.1) is 4.90 Å². The summed E-state index contributed by atoms with van der Waals surface area (Å²) in [7, 11) is -3.85. The second kappa shape index (κ2) is 7.97. The number of phenols is 1. The van der Waals surface area contributed by atoms with Crippen molar-refractivity contribution in [3.8, 4) is 16.9 Å². The number of hydrogen-bond acceptors (Lipinski definition) is 4. The number of hydrogen-bond donors (Lipinski definition) is 4. The number of fused-ring (bicyclic) bond motifs is 1. The predicted octanol–water partition coefficient (Wildman–Crippen LogP) is 5.34. The van der Waals surface area contributed by atoms with Gasteiger partial charge in [-0.2, -0.15) is 0 Å². The minimum atomic E-state index is -3.85. The lowest BCUT2D eigenvalue weighted by Crippen LogP contribution is -2.14. The monoisotopic (exact) mass is 464 g/mol. The van der Waals surface area contributed by atoms with E-state index in [9.17, 15) is 23.4 Å². The van der Waals surface area contributed by atoms with Gasteiger partial charge in [-0.1, -0.05) is 45.0 Å². The third kappa shape index (κ3) is 4.42. The minimum Gasteiger partial charge on any atom is -0.508 e. The highest BCUT2D eigenvalue weighted by atomic mass is 32.2.